The predicted octanol–water partition coefficient (Wildman–Crippen LogP) is 2.70. The van der Waals surface area contributed by atoms with Crippen molar-refractivity contribution in [2.45, 2.75) is 38.8 Å². The highest BCUT2D eigenvalue weighted by atomic mass is 19.1. The highest BCUT2D eigenvalue weighted by Crippen LogP contribution is 2.30. The first-order valence-corrected chi connectivity index (χ1v) is 10.3. The summed E-state index contributed by atoms with van der Waals surface area (Å²) in [6, 6.07) is 13.6. The van der Waals surface area contributed by atoms with Gasteiger partial charge in [0, 0.05) is 29.8 Å². The zero-order chi connectivity index (χ0) is 22.0. The second-order valence-corrected chi connectivity index (χ2v) is 7.73. The molecular formula is C24H24FN3O3. The smallest absolute Gasteiger partial charge is 0.257 e. The fourth-order valence-corrected chi connectivity index (χ4v) is 4.16. The molecule has 0 spiro atoms. The zero-order valence-corrected chi connectivity index (χ0v) is 17.3. The first kappa shape index (κ1) is 20.9. The molecule has 1 aromatic heterocycles. The molecule has 160 valence electrons. The van der Waals surface area contributed by atoms with Crippen LogP contribution in [0.25, 0.3) is 11.4 Å². The summed E-state index contributed by atoms with van der Waals surface area (Å²) in [5.74, 6) is -0.400. The predicted molar refractivity (Wildman–Crippen MR) is 115 cm³/mol. The molecule has 31 heavy (non-hydrogen) atoms. The van der Waals surface area contributed by atoms with Gasteiger partial charge in [0.1, 0.15) is 18.2 Å². The minimum Gasteiger partial charge on any atom is -0.396 e. The Bertz CT molecular complexity index is 1170. The molecule has 3 aromatic rings. The number of benzene rings is 2. The van der Waals surface area contributed by atoms with Gasteiger partial charge in [-0.1, -0.05) is 24.3 Å². The second kappa shape index (κ2) is 8.81. The Labute approximate surface area is 179 Å². The van der Waals surface area contributed by atoms with Crippen LogP contribution in [0.2, 0.25) is 0 Å². The molecular weight excluding hydrogens is 397 g/mol. The number of aliphatic hydroxyl groups excluding tert-OH is 1. The third-order valence-corrected chi connectivity index (χ3v) is 5.70. The van der Waals surface area contributed by atoms with Crippen LogP contribution in [0.5, 0.6) is 0 Å². The van der Waals surface area contributed by atoms with E-state index in [2.05, 4.69) is 16.4 Å². The maximum Gasteiger partial charge on any atom is 0.257 e. The number of hydrogen-bond donors (Lipinski definition) is 2. The van der Waals surface area contributed by atoms with Crippen molar-refractivity contribution in [3.8, 4) is 11.4 Å². The van der Waals surface area contributed by atoms with E-state index in [1.807, 2.05) is 18.2 Å². The average Bonchev–Trinajstić information content (AvgIpc) is 3.16. The number of nitrogens with zero attached hydrogens (tertiary/aromatic N) is 2. The van der Waals surface area contributed by atoms with Gasteiger partial charge in [-0.05, 0) is 55.2 Å². The summed E-state index contributed by atoms with van der Waals surface area (Å²) in [7, 11) is 0. The number of carbonyl (C=O) groups is 1. The van der Waals surface area contributed by atoms with Crippen LogP contribution in [0.4, 0.5) is 4.39 Å². The molecule has 7 heteroatoms. The highest BCUT2D eigenvalue weighted by molar-refractivity contribution is 5.77. The Morgan fingerprint density at radius 3 is 2.71 bits per heavy atom. The van der Waals surface area contributed by atoms with E-state index in [-0.39, 0.29) is 37.1 Å². The molecule has 0 saturated carbocycles. The molecule has 0 saturated heterocycles. The molecule has 1 aliphatic carbocycles. The standard InChI is InChI=1S/C24H24FN3O3/c1-15-19(12-13-29)24(31)28(23(26-15)17-6-9-18(25)10-7-17)14-22(30)27-21-11-8-16-4-2-3-5-20(16)21/h2-7,9-10,21,29H,8,11-14H2,1H3,(H,27,30). The zero-order valence-electron chi connectivity index (χ0n) is 17.3. The number of amides is 1. The molecule has 1 heterocycles. The van der Waals surface area contributed by atoms with Gasteiger partial charge >= 0.3 is 0 Å². The van der Waals surface area contributed by atoms with Crippen molar-refractivity contribution in [2.24, 2.45) is 0 Å². The van der Waals surface area contributed by atoms with Crippen molar-refractivity contribution in [3.63, 3.8) is 0 Å². The monoisotopic (exact) mass is 421 g/mol. The number of nitrogens with one attached hydrogen (secondary N) is 1. The van der Waals surface area contributed by atoms with Gasteiger partial charge in [-0.2, -0.15) is 0 Å². The molecule has 2 aromatic carbocycles. The van der Waals surface area contributed by atoms with Crippen molar-refractivity contribution in [1.29, 1.82) is 0 Å². The lowest BCUT2D eigenvalue weighted by atomic mass is 10.1. The van der Waals surface area contributed by atoms with E-state index < -0.39 is 5.82 Å². The molecule has 1 amide bonds. The lowest BCUT2D eigenvalue weighted by Crippen LogP contribution is -2.36. The lowest BCUT2D eigenvalue weighted by molar-refractivity contribution is -0.122. The number of aromatic nitrogens is 2. The molecule has 2 N–H and O–H groups in total. The number of fused-ring (bicyclic) bond motifs is 1. The fraction of sp³-hybridized carbons (Fsp3) is 0.292. The number of aryl methyl sites for hydroxylation is 2. The van der Waals surface area contributed by atoms with Crippen molar-refractivity contribution in [2.75, 3.05) is 6.61 Å². The summed E-state index contributed by atoms with van der Waals surface area (Å²) < 4.78 is 14.7. The summed E-state index contributed by atoms with van der Waals surface area (Å²) in [4.78, 5) is 30.6. The Hall–Kier alpha value is -3.32. The molecule has 6 nitrogen and oxygen atoms in total. The summed E-state index contributed by atoms with van der Waals surface area (Å²) in [6.07, 6.45) is 1.86. The minimum absolute atomic E-state index is 0.0935. The van der Waals surface area contributed by atoms with Crippen LogP contribution in [-0.4, -0.2) is 27.2 Å². The van der Waals surface area contributed by atoms with E-state index in [0.717, 1.165) is 18.4 Å². The van der Waals surface area contributed by atoms with E-state index in [1.54, 1.807) is 6.92 Å². The first-order valence-electron chi connectivity index (χ1n) is 10.3. The summed E-state index contributed by atoms with van der Waals surface area (Å²) >= 11 is 0. The molecule has 0 fully saturated rings. The summed E-state index contributed by atoms with van der Waals surface area (Å²) in [6.45, 7) is 1.29. The topological polar surface area (TPSA) is 84.2 Å². The van der Waals surface area contributed by atoms with Crippen LogP contribution in [0.15, 0.2) is 53.3 Å². The van der Waals surface area contributed by atoms with Crippen LogP contribution in [0.1, 0.15) is 34.8 Å². The van der Waals surface area contributed by atoms with Crippen LogP contribution < -0.4 is 10.9 Å². The Morgan fingerprint density at radius 2 is 1.97 bits per heavy atom. The lowest BCUT2D eigenvalue weighted by Gasteiger charge is -2.18. The fourth-order valence-electron chi connectivity index (χ4n) is 4.16. The van der Waals surface area contributed by atoms with Gasteiger partial charge in [-0.15, -0.1) is 0 Å². The normalized spacial score (nSPS) is 15.0. The van der Waals surface area contributed by atoms with Crippen LogP contribution in [0.3, 0.4) is 0 Å². The second-order valence-electron chi connectivity index (χ2n) is 7.73. The van der Waals surface area contributed by atoms with E-state index in [0.29, 0.717) is 22.6 Å². The molecule has 1 atom stereocenters. The van der Waals surface area contributed by atoms with E-state index in [1.165, 1.54) is 34.4 Å². The number of carbonyl (C=O) groups excluding carboxylic acids is 1. The van der Waals surface area contributed by atoms with Crippen LogP contribution in [0, 0.1) is 12.7 Å². The first-order chi connectivity index (χ1) is 15.0. The van der Waals surface area contributed by atoms with Crippen molar-refractivity contribution >= 4 is 5.91 Å². The number of rotatable bonds is 6. The highest BCUT2D eigenvalue weighted by Gasteiger charge is 2.24. The minimum atomic E-state index is -0.399. The van der Waals surface area contributed by atoms with Gasteiger partial charge in [0.05, 0.1) is 6.04 Å². The van der Waals surface area contributed by atoms with E-state index >= 15 is 0 Å². The third kappa shape index (κ3) is 4.27. The van der Waals surface area contributed by atoms with Crippen LogP contribution >= 0.6 is 0 Å². The van der Waals surface area contributed by atoms with Gasteiger partial charge in [0.2, 0.25) is 5.91 Å². The van der Waals surface area contributed by atoms with Gasteiger partial charge in [-0.3, -0.25) is 14.2 Å². The van der Waals surface area contributed by atoms with Gasteiger partial charge < -0.3 is 10.4 Å². The Balaban J connectivity index is 1.67. The molecule has 0 aliphatic heterocycles. The SMILES string of the molecule is Cc1nc(-c2ccc(F)cc2)n(CC(=O)NC2CCc3ccccc32)c(=O)c1CCO. The number of aliphatic hydroxyl groups is 1. The van der Waals surface area contributed by atoms with Crippen molar-refractivity contribution < 1.29 is 14.3 Å². The Morgan fingerprint density at radius 1 is 1.23 bits per heavy atom. The quantitative estimate of drug-likeness (QED) is 0.641. The number of halogens is 1. The van der Waals surface area contributed by atoms with Crippen molar-refractivity contribution in [3.05, 3.63) is 87.1 Å². The maximum absolute atomic E-state index is 13.4. The molecule has 0 bridgehead atoms. The van der Waals surface area contributed by atoms with E-state index in [9.17, 15) is 19.1 Å². The molecule has 0 radical (unpaired) electrons. The summed E-state index contributed by atoms with van der Waals surface area (Å²) in [5.41, 5.74) is 3.34. The largest absolute Gasteiger partial charge is 0.396 e. The molecule has 1 aliphatic rings. The molecule has 1 unspecified atom stereocenters. The maximum atomic E-state index is 13.4. The van der Waals surface area contributed by atoms with Gasteiger partial charge in [0.15, 0.2) is 0 Å². The van der Waals surface area contributed by atoms with E-state index in [4.69, 9.17) is 0 Å². The Kier molecular flexibility index (Phi) is 5.95. The summed E-state index contributed by atoms with van der Waals surface area (Å²) in [5, 5.41) is 12.4. The third-order valence-electron chi connectivity index (χ3n) is 5.70. The van der Waals surface area contributed by atoms with Gasteiger partial charge in [-0.25, -0.2) is 9.37 Å². The number of hydrogen-bond acceptors (Lipinski definition) is 4. The van der Waals surface area contributed by atoms with Crippen molar-refractivity contribution in [1.82, 2.24) is 14.9 Å². The average molecular weight is 421 g/mol. The van der Waals surface area contributed by atoms with Crippen LogP contribution in [-0.2, 0) is 24.2 Å². The molecule has 4 rings (SSSR count). The van der Waals surface area contributed by atoms with Gasteiger partial charge in [0.25, 0.3) is 5.56 Å².